The molecule has 0 aliphatic carbocycles. The quantitative estimate of drug-likeness (QED) is 0.858. The second-order valence-electron chi connectivity index (χ2n) is 5.25. The van der Waals surface area contributed by atoms with E-state index in [0.717, 1.165) is 0 Å². The van der Waals surface area contributed by atoms with Crippen molar-refractivity contribution in [3.63, 3.8) is 0 Å². The summed E-state index contributed by atoms with van der Waals surface area (Å²) in [6, 6.07) is 14.0. The molecule has 22 heavy (non-hydrogen) atoms. The van der Waals surface area contributed by atoms with Crippen LogP contribution in [0.2, 0.25) is 0 Å². The summed E-state index contributed by atoms with van der Waals surface area (Å²) in [6.45, 7) is 0.665. The lowest BCUT2D eigenvalue weighted by Crippen LogP contribution is -2.28. The largest absolute Gasteiger partial charge is 0.367 e. The minimum absolute atomic E-state index is 0.142. The molecule has 116 valence electrons. The van der Waals surface area contributed by atoms with Crippen LogP contribution in [-0.4, -0.2) is 43.5 Å². The third-order valence-corrected chi connectivity index (χ3v) is 3.55. The van der Waals surface area contributed by atoms with E-state index in [9.17, 15) is 4.79 Å². The van der Waals surface area contributed by atoms with E-state index in [0.29, 0.717) is 17.9 Å². The van der Waals surface area contributed by atoms with Crippen molar-refractivity contribution in [2.24, 2.45) is 0 Å². The van der Waals surface area contributed by atoms with E-state index in [2.05, 4.69) is 32.7 Å². The van der Waals surface area contributed by atoms with Crippen molar-refractivity contribution in [1.29, 1.82) is 0 Å². The fourth-order valence-electron chi connectivity index (χ4n) is 2.33. The molecule has 2 N–H and O–H groups in total. The van der Waals surface area contributed by atoms with Crippen LogP contribution in [0.25, 0.3) is 0 Å². The molecule has 0 aliphatic heterocycles. The van der Waals surface area contributed by atoms with Crippen LogP contribution in [0.4, 0.5) is 5.82 Å². The highest BCUT2D eigenvalue weighted by molar-refractivity contribution is 5.98. The van der Waals surface area contributed by atoms with Gasteiger partial charge in [-0.05, 0) is 31.8 Å². The first-order valence-electron chi connectivity index (χ1n) is 7.26. The first-order valence-corrected chi connectivity index (χ1v) is 7.26. The summed E-state index contributed by atoms with van der Waals surface area (Å²) in [5.74, 6) is 0.460. The average molecular weight is 298 g/mol. The van der Waals surface area contributed by atoms with Crippen LogP contribution in [0.15, 0.2) is 48.7 Å². The topological polar surface area (TPSA) is 57.3 Å². The van der Waals surface area contributed by atoms with Gasteiger partial charge < -0.3 is 15.5 Å². The van der Waals surface area contributed by atoms with E-state index < -0.39 is 0 Å². The fourth-order valence-corrected chi connectivity index (χ4v) is 2.33. The summed E-state index contributed by atoms with van der Waals surface area (Å²) < 4.78 is 0. The number of rotatable bonds is 6. The number of aromatic nitrogens is 1. The molecule has 1 heterocycles. The number of pyridine rings is 1. The molecular formula is C17H22N4O. The van der Waals surface area contributed by atoms with Crippen molar-refractivity contribution < 1.29 is 4.79 Å². The Kier molecular flexibility index (Phi) is 5.49. The average Bonchev–Trinajstić information content (AvgIpc) is 2.55. The number of likely N-dealkylation sites (N-methyl/N-ethyl adjacent to an activating group) is 1. The van der Waals surface area contributed by atoms with Gasteiger partial charge in [-0.3, -0.25) is 4.79 Å². The number of hydrogen-bond donors (Lipinski definition) is 2. The predicted molar refractivity (Wildman–Crippen MR) is 89.0 cm³/mol. The third kappa shape index (κ3) is 3.83. The van der Waals surface area contributed by atoms with Crippen LogP contribution in [0.5, 0.6) is 0 Å². The first kappa shape index (κ1) is 16.0. The minimum atomic E-state index is -0.142. The van der Waals surface area contributed by atoms with Crippen LogP contribution in [0, 0.1) is 0 Å². The van der Waals surface area contributed by atoms with Gasteiger partial charge >= 0.3 is 0 Å². The molecule has 0 saturated heterocycles. The van der Waals surface area contributed by atoms with E-state index in [1.54, 1.807) is 25.4 Å². The number of hydrogen-bond acceptors (Lipinski definition) is 4. The second-order valence-corrected chi connectivity index (χ2v) is 5.25. The Hall–Kier alpha value is -2.40. The van der Waals surface area contributed by atoms with E-state index in [1.165, 1.54) is 5.56 Å². The summed E-state index contributed by atoms with van der Waals surface area (Å²) in [6.07, 6.45) is 1.68. The van der Waals surface area contributed by atoms with Crippen molar-refractivity contribution in [2.45, 2.75) is 6.04 Å². The van der Waals surface area contributed by atoms with Crippen molar-refractivity contribution in [1.82, 2.24) is 15.2 Å². The molecule has 0 fully saturated rings. The predicted octanol–water partition coefficient (Wildman–Crippen LogP) is 2.16. The number of nitrogens with zero attached hydrogens (tertiary/aromatic N) is 2. The Balaban J connectivity index is 2.16. The number of nitrogens with one attached hydrogen (secondary N) is 2. The summed E-state index contributed by atoms with van der Waals surface area (Å²) in [5.41, 5.74) is 1.77. The van der Waals surface area contributed by atoms with Crippen LogP contribution in [-0.2, 0) is 0 Å². The maximum Gasteiger partial charge on any atom is 0.254 e. The lowest BCUT2D eigenvalue weighted by molar-refractivity contribution is 0.0963. The molecule has 1 atom stereocenters. The molecule has 1 aromatic carbocycles. The highest BCUT2D eigenvalue weighted by Gasteiger charge is 2.16. The molecule has 5 heteroatoms. The molecule has 2 aromatic rings. The fraction of sp³-hybridized carbons (Fsp3) is 0.294. The van der Waals surface area contributed by atoms with Gasteiger partial charge in [0.2, 0.25) is 0 Å². The van der Waals surface area contributed by atoms with Crippen LogP contribution in [0.1, 0.15) is 22.0 Å². The van der Waals surface area contributed by atoms with E-state index in [-0.39, 0.29) is 11.9 Å². The van der Waals surface area contributed by atoms with Crippen LogP contribution < -0.4 is 10.6 Å². The molecule has 0 bridgehead atoms. The van der Waals surface area contributed by atoms with Crippen molar-refractivity contribution in [2.75, 3.05) is 33.0 Å². The SMILES string of the molecule is CNC(=O)c1cccnc1NCC(c1ccccc1)N(C)C. The van der Waals surface area contributed by atoms with Gasteiger partial charge in [-0.25, -0.2) is 4.98 Å². The molecule has 0 aliphatic rings. The number of carbonyl (C=O) groups is 1. The third-order valence-electron chi connectivity index (χ3n) is 3.55. The number of carbonyl (C=O) groups excluding carboxylic acids is 1. The number of benzene rings is 1. The minimum Gasteiger partial charge on any atom is -0.367 e. The standard InChI is InChI=1S/C17H22N4O/c1-18-17(22)14-10-7-11-19-16(14)20-12-15(21(2)3)13-8-5-4-6-9-13/h4-11,15H,12H2,1-3H3,(H,18,22)(H,19,20). The molecule has 0 saturated carbocycles. The normalized spacial score (nSPS) is 12.0. The van der Waals surface area contributed by atoms with Crippen LogP contribution in [0.3, 0.4) is 0 Å². The summed E-state index contributed by atoms with van der Waals surface area (Å²) in [7, 11) is 5.70. The van der Waals surface area contributed by atoms with Crippen molar-refractivity contribution >= 4 is 11.7 Å². The maximum atomic E-state index is 11.9. The zero-order valence-electron chi connectivity index (χ0n) is 13.2. The molecule has 2 rings (SSSR count). The summed E-state index contributed by atoms with van der Waals surface area (Å²) >= 11 is 0. The Labute approximate surface area is 131 Å². The smallest absolute Gasteiger partial charge is 0.254 e. The Morgan fingerprint density at radius 3 is 2.55 bits per heavy atom. The Bertz CT molecular complexity index is 613. The molecule has 0 radical (unpaired) electrons. The van der Waals surface area contributed by atoms with Crippen molar-refractivity contribution in [3.8, 4) is 0 Å². The van der Waals surface area contributed by atoms with E-state index >= 15 is 0 Å². The molecule has 5 nitrogen and oxygen atoms in total. The summed E-state index contributed by atoms with van der Waals surface area (Å²) in [5, 5.41) is 5.93. The van der Waals surface area contributed by atoms with Gasteiger partial charge in [-0.15, -0.1) is 0 Å². The molecule has 1 amide bonds. The summed E-state index contributed by atoms with van der Waals surface area (Å²) in [4.78, 5) is 18.3. The zero-order valence-corrected chi connectivity index (χ0v) is 13.2. The van der Waals surface area contributed by atoms with Gasteiger partial charge in [0.15, 0.2) is 0 Å². The van der Waals surface area contributed by atoms with E-state index in [4.69, 9.17) is 0 Å². The van der Waals surface area contributed by atoms with Gasteiger partial charge in [-0.2, -0.15) is 0 Å². The van der Waals surface area contributed by atoms with Gasteiger partial charge in [0.25, 0.3) is 5.91 Å². The zero-order chi connectivity index (χ0) is 15.9. The maximum absolute atomic E-state index is 11.9. The molecule has 1 unspecified atom stereocenters. The number of amides is 1. The van der Waals surface area contributed by atoms with E-state index in [1.807, 2.05) is 32.3 Å². The van der Waals surface area contributed by atoms with Crippen LogP contribution >= 0.6 is 0 Å². The van der Waals surface area contributed by atoms with Gasteiger partial charge in [0, 0.05) is 19.8 Å². The Morgan fingerprint density at radius 2 is 1.91 bits per heavy atom. The Morgan fingerprint density at radius 1 is 1.18 bits per heavy atom. The molecular weight excluding hydrogens is 276 g/mol. The highest BCUT2D eigenvalue weighted by Crippen LogP contribution is 2.19. The van der Waals surface area contributed by atoms with Gasteiger partial charge in [0.05, 0.1) is 11.6 Å². The highest BCUT2D eigenvalue weighted by atomic mass is 16.1. The van der Waals surface area contributed by atoms with Gasteiger partial charge in [0.1, 0.15) is 5.82 Å². The monoisotopic (exact) mass is 298 g/mol. The lowest BCUT2D eigenvalue weighted by Gasteiger charge is -2.25. The first-order chi connectivity index (χ1) is 10.6. The second kappa shape index (κ2) is 7.56. The number of anilines is 1. The molecule has 0 spiro atoms. The van der Waals surface area contributed by atoms with Gasteiger partial charge in [-0.1, -0.05) is 30.3 Å². The lowest BCUT2D eigenvalue weighted by atomic mass is 10.1. The van der Waals surface area contributed by atoms with Crippen molar-refractivity contribution in [3.05, 3.63) is 59.8 Å². The molecule has 1 aromatic heterocycles.